The molecule has 2 saturated heterocycles. The van der Waals surface area contributed by atoms with E-state index < -0.39 is 34.3 Å². The van der Waals surface area contributed by atoms with Crippen molar-refractivity contribution in [3.63, 3.8) is 0 Å². The quantitative estimate of drug-likeness (QED) is 0.420. The van der Waals surface area contributed by atoms with Crippen LogP contribution in [0.15, 0.2) is 11.6 Å². The third-order valence-corrected chi connectivity index (χ3v) is 11.1. The number of carbonyl (C=O) groups is 2. The van der Waals surface area contributed by atoms with E-state index in [1.54, 1.807) is 0 Å². The van der Waals surface area contributed by atoms with Crippen LogP contribution in [0.2, 0.25) is 0 Å². The van der Waals surface area contributed by atoms with Gasteiger partial charge in [0.1, 0.15) is 17.8 Å². The summed E-state index contributed by atoms with van der Waals surface area (Å²) in [6, 6.07) is 0. The third kappa shape index (κ3) is 2.89. The summed E-state index contributed by atoms with van der Waals surface area (Å²) in [5, 5.41) is 11.1. The van der Waals surface area contributed by atoms with Crippen molar-refractivity contribution >= 4 is 12.3 Å². The van der Waals surface area contributed by atoms with Gasteiger partial charge in [0.2, 0.25) is 0 Å². The summed E-state index contributed by atoms with van der Waals surface area (Å²) in [5.74, 6) is -0.471. The molecule has 5 fully saturated rings. The molecule has 0 amide bonds. The Morgan fingerprint density at radius 2 is 1.97 bits per heavy atom. The van der Waals surface area contributed by atoms with Crippen molar-refractivity contribution in [3.05, 3.63) is 11.6 Å². The van der Waals surface area contributed by atoms with E-state index in [9.17, 15) is 14.7 Å². The van der Waals surface area contributed by atoms with Crippen LogP contribution in [0.3, 0.4) is 0 Å². The lowest BCUT2D eigenvalue weighted by molar-refractivity contribution is -0.248. The van der Waals surface area contributed by atoms with Crippen molar-refractivity contribution in [1.29, 1.82) is 0 Å². The van der Waals surface area contributed by atoms with Crippen LogP contribution in [0.5, 0.6) is 0 Å². The predicted octanol–water partition coefficient (Wildman–Crippen LogP) is 4.58. The Morgan fingerprint density at radius 1 is 1.22 bits per heavy atom. The SMILES string of the molecule is CC(C)C1=CC2C[C@]3(C=O)[C@@H]4CC[C@@H](C)[C@H]4CC2(CO[C@H]2C[C@@H]4OC(C)(C)O[C@@H]4[C@@H](C)O2)[C@]13C(=O)O. The lowest BCUT2D eigenvalue weighted by Crippen LogP contribution is -2.63. The first-order valence-corrected chi connectivity index (χ1v) is 14.0. The average Bonchev–Trinajstić information content (AvgIpc) is 3.47. The zero-order valence-electron chi connectivity index (χ0n) is 22.5. The number of fused-ring (bicyclic) bond motifs is 3. The summed E-state index contributed by atoms with van der Waals surface area (Å²) < 4.78 is 25.0. The number of carboxylic acids is 1. The van der Waals surface area contributed by atoms with Gasteiger partial charge in [-0.3, -0.25) is 4.79 Å². The van der Waals surface area contributed by atoms with Crippen LogP contribution in [0, 0.1) is 45.8 Å². The molecule has 200 valence electrons. The summed E-state index contributed by atoms with van der Waals surface area (Å²) in [4.78, 5) is 26.7. The number of hydrogen-bond acceptors (Lipinski definition) is 6. The lowest BCUT2D eigenvalue weighted by atomic mass is 9.43. The van der Waals surface area contributed by atoms with Crippen molar-refractivity contribution in [2.75, 3.05) is 6.61 Å². The summed E-state index contributed by atoms with van der Waals surface area (Å²) in [6.07, 6.45) is 6.29. The molecule has 6 rings (SSSR count). The van der Waals surface area contributed by atoms with E-state index in [4.69, 9.17) is 18.9 Å². The highest BCUT2D eigenvalue weighted by atomic mass is 16.8. The largest absolute Gasteiger partial charge is 0.481 e. The summed E-state index contributed by atoms with van der Waals surface area (Å²) in [6.45, 7) is 12.5. The highest BCUT2D eigenvalue weighted by Gasteiger charge is 2.84. The van der Waals surface area contributed by atoms with Crippen molar-refractivity contribution in [1.82, 2.24) is 0 Å². The summed E-state index contributed by atoms with van der Waals surface area (Å²) in [5.41, 5.74) is -1.79. The molecular formula is C29H42O7. The van der Waals surface area contributed by atoms with Gasteiger partial charge in [0, 0.05) is 11.8 Å². The van der Waals surface area contributed by atoms with Gasteiger partial charge < -0.3 is 28.8 Å². The van der Waals surface area contributed by atoms with Crippen molar-refractivity contribution < 1.29 is 33.6 Å². The first-order chi connectivity index (χ1) is 16.9. The maximum atomic E-state index is 13.6. The molecule has 0 spiro atoms. The van der Waals surface area contributed by atoms with E-state index in [1.165, 1.54) is 0 Å². The molecule has 3 saturated carbocycles. The van der Waals surface area contributed by atoms with Crippen LogP contribution in [0.1, 0.15) is 73.6 Å². The second kappa shape index (κ2) is 7.87. The molecule has 36 heavy (non-hydrogen) atoms. The molecule has 0 aromatic carbocycles. The van der Waals surface area contributed by atoms with Gasteiger partial charge in [-0.15, -0.1) is 0 Å². The van der Waals surface area contributed by atoms with Crippen LogP contribution in [-0.2, 0) is 28.5 Å². The minimum atomic E-state index is -1.22. The van der Waals surface area contributed by atoms with Gasteiger partial charge >= 0.3 is 5.97 Å². The van der Waals surface area contributed by atoms with Crippen molar-refractivity contribution in [2.24, 2.45) is 45.8 Å². The zero-order valence-corrected chi connectivity index (χ0v) is 22.5. The maximum absolute atomic E-state index is 13.6. The number of aldehydes is 1. The van der Waals surface area contributed by atoms with Gasteiger partial charge in [-0.05, 0) is 69.6 Å². The lowest BCUT2D eigenvalue weighted by Gasteiger charge is -2.58. The Kier molecular flexibility index (Phi) is 5.47. The van der Waals surface area contributed by atoms with Gasteiger partial charge in [0.15, 0.2) is 12.1 Å². The molecule has 2 unspecified atom stereocenters. The Labute approximate surface area is 214 Å². The number of rotatable bonds is 6. The van der Waals surface area contributed by atoms with E-state index in [0.717, 1.165) is 31.1 Å². The molecular weight excluding hydrogens is 460 g/mol. The van der Waals surface area contributed by atoms with Gasteiger partial charge in [-0.2, -0.15) is 0 Å². The second-order valence-electron chi connectivity index (χ2n) is 13.4. The monoisotopic (exact) mass is 502 g/mol. The average molecular weight is 503 g/mol. The molecule has 7 heteroatoms. The Hall–Kier alpha value is -1.28. The number of carboxylic acid groups (broad SMARTS) is 1. The summed E-state index contributed by atoms with van der Waals surface area (Å²) >= 11 is 0. The Morgan fingerprint density at radius 3 is 2.64 bits per heavy atom. The minimum Gasteiger partial charge on any atom is -0.481 e. The van der Waals surface area contributed by atoms with Crippen LogP contribution in [0.4, 0.5) is 0 Å². The van der Waals surface area contributed by atoms with E-state index in [1.807, 2.05) is 20.8 Å². The Balaban J connectivity index is 1.37. The topological polar surface area (TPSA) is 91.3 Å². The van der Waals surface area contributed by atoms with Crippen molar-refractivity contribution in [2.45, 2.75) is 104 Å². The molecule has 1 N–H and O–H groups in total. The predicted molar refractivity (Wildman–Crippen MR) is 131 cm³/mol. The third-order valence-electron chi connectivity index (χ3n) is 11.1. The zero-order chi connectivity index (χ0) is 25.8. The van der Waals surface area contributed by atoms with Crippen LogP contribution < -0.4 is 0 Å². The maximum Gasteiger partial charge on any atom is 0.315 e. The fourth-order valence-corrected chi connectivity index (χ4v) is 9.99. The Bertz CT molecular complexity index is 988. The molecule has 2 aliphatic heterocycles. The van der Waals surface area contributed by atoms with Crippen LogP contribution in [0.25, 0.3) is 0 Å². The van der Waals surface area contributed by atoms with E-state index in [-0.39, 0.29) is 42.7 Å². The molecule has 0 radical (unpaired) electrons. The molecule has 0 aromatic rings. The number of ether oxygens (including phenoxy) is 4. The highest BCUT2D eigenvalue weighted by Crippen LogP contribution is 2.82. The first-order valence-electron chi connectivity index (χ1n) is 14.0. The molecule has 4 bridgehead atoms. The van der Waals surface area contributed by atoms with Gasteiger partial charge in [-0.1, -0.05) is 38.8 Å². The van der Waals surface area contributed by atoms with Gasteiger partial charge in [-0.25, -0.2) is 0 Å². The van der Waals surface area contributed by atoms with E-state index in [0.29, 0.717) is 24.7 Å². The van der Waals surface area contributed by atoms with Gasteiger partial charge in [0.05, 0.1) is 24.2 Å². The number of allylic oxidation sites excluding steroid dienone is 1. The molecule has 6 aliphatic rings. The molecule has 11 atom stereocenters. The van der Waals surface area contributed by atoms with E-state index in [2.05, 4.69) is 26.8 Å². The normalized spacial score (nSPS) is 52.2. The fraction of sp³-hybridized carbons (Fsp3) is 0.862. The molecule has 4 aliphatic carbocycles. The standard InChI is InChI=1S/C29H42O7/c1-15(2)21-9-18-11-27(13-30)20-8-7-16(3)19(20)12-28(18,29(21,27)25(31)32)14-33-23-10-22-24(17(4)34-23)36-26(5,6)35-22/h9,13,15-20,22-24H,7-8,10-12,14H2,1-6H3,(H,31,32)/t16-,17-,18?,19-,20-,22+,23-,24-,27+,28?,29+/m1/s1. The number of aliphatic carboxylic acids is 1. The highest BCUT2D eigenvalue weighted by molar-refractivity contribution is 5.90. The fourth-order valence-electron chi connectivity index (χ4n) is 9.99. The second-order valence-corrected chi connectivity index (χ2v) is 13.4. The van der Waals surface area contributed by atoms with Gasteiger partial charge in [0.25, 0.3) is 0 Å². The van der Waals surface area contributed by atoms with Crippen LogP contribution in [-0.4, -0.2) is 54.4 Å². The van der Waals surface area contributed by atoms with Crippen LogP contribution >= 0.6 is 0 Å². The molecule has 2 heterocycles. The molecule has 0 aromatic heterocycles. The number of carbonyl (C=O) groups excluding carboxylic acids is 1. The smallest absolute Gasteiger partial charge is 0.315 e. The summed E-state index contributed by atoms with van der Waals surface area (Å²) in [7, 11) is 0. The minimum absolute atomic E-state index is 0.0211. The van der Waals surface area contributed by atoms with E-state index >= 15 is 0 Å². The van der Waals surface area contributed by atoms with Crippen molar-refractivity contribution in [3.8, 4) is 0 Å². The first kappa shape index (κ1) is 25.0. The number of hydrogen-bond donors (Lipinski definition) is 1. The molecule has 7 nitrogen and oxygen atoms in total.